The van der Waals surface area contributed by atoms with E-state index in [1.807, 2.05) is 24.3 Å². The molecular weight excluding hydrogens is 160 g/mol. The molecule has 70 valence electrons. The second-order valence-electron chi connectivity index (χ2n) is 2.94. The molecule has 0 unspecified atom stereocenters. The van der Waals surface area contributed by atoms with Gasteiger partial charge in [0.15, 0.2) is 0 Å². The van der Waals surface area contributed by atoms with E-state index in [1.165, 1.54) is 12.0 Å². The van der Waals surface area contributed by atoms with Crippen molar-refractivity contribution in [1.82, 2.24) is 0 Å². The SMILES string of the molecule is CCCCOC=Cc1ccccc1. The maximum atomic E-state index is 5.30. The molecule has 1 aromatic carbocycles. The van der Waals surface area contributed by atoms with Gasteiger partial charge in [-0.15, -0.1) is 0 Å². The highest BCUT2D eigenvalue weighted by molar-refractivity contribution is 5.47. The Morgan fingerprint density at radius 1 is 1.23 bits per heavy atom. The lowest BCUT2D eigenvalue weighted by Crippen LogP contribution is -1.84. The Morgan fingerprint density at radius 2 is 2.00 bits per heavy atom. The number of ether oxygens (including phenoxy) is 1. The first-order valence-electron chi connectivity index (χ1n) is 4.76. The molecule has 1 nitrogen and oxygen atoms in total. The van der Waals surface area contributed by atoms with Crippen LogP contribution in [0.2, 0.25) is 0 Å². The van der Waals surface area contributed by atoms with E-state index < -0.39 is 0 Å². The zero-order valence-corrected chi connectivity index (χ0v) is 8.07. The Hall–Kier alpha value is -1.24. The van der Waals surface area contributed by atoms with Gasteiger partial charge in [0.2, 0.25) is 0 Å². The Bertz CT molecular complexity index is 239. The lowest BCUT2D eigenvalue weighted by Gasteiger charge is -1.97. The van der Waals surface area contributed by atoms with E-state index in [9.17, 15) is 0 Å². The van der Waals surface area contributed by atoms with Crippen molar-refractivity contribution in [3.8, 4) is 0 Å². The Balaban J connectivity index is 2.25. The molecule has 0 spiro atoms. The summed E-state index contributed by atoms with van der Waals surface area (Å²) in [5, 5.41) is 0. The van der Waals surface area contributed by atoms with Crippen LogP contribution in [-0.4, -0.2) is 6.61 Å². The molecular formula is C12H16O. The van der Waals surface area contributed by atoms with E-state index in [0.29, 0.717) is 0 Å². The number of rotatable bonds is 5. The molecule has 13 heavy (non-hydrogen) atoms. The average Bonchev–Trinajstić information content (AvgIpc) is 2.19. The predicted octanol–water partition coefficient (Wildman–Crippen LogP) is 3.47. The topological polar surface area (TPSA) is 9.23 Å². The van der Waals surface area contributed by atoms with Crippen LogP contribution in [0.3, 0.4) is 0 Å². The fourth-order valence-electron chi connectivity index (χ4n) is 0.987. The monoisotopic (exact) mass is 176 g/mol. The Morgan fingerprint density at radius 3 is 2.69 bits per heavy atom. The minimum Gasteiger partial charge on any atom is -0.501 e. The van der Waals surface area contributed by atoms with Crippen LogP contribution >= 0.6 is 0 Å². The first-order valence-corrected chi connectivity index (χ1v) is 4.76. The highest BCUT2D eigenvalue weighted by atomic mass is 16.5. The van der Waals surface area contributed by atoms with Crippen molar-refractivity contribution >= 4 is 6.08 Å². The van der Waals surface area contributed by atoms with Gasteiger partial charge in [0.1, 0.15) is 0 Å². The van der Waals surface area contributed by atoms with Gasteiger partial charge in [-0.25, -0.2) is 0 Å². The first-order chi connectivity index (χ1) is 6.43. The van der Waals surface area contributed by atoms with Crippen LogP contribution in [0, 0.1) is 0 Å². The van der Waals surface area contributed by atoms with E-state index in [1.54, 1.807) is 6.26 Å². The zero-order valence-electron chi connectivity index (χ0n) is 8.07. The van der Waals surface area contributed by atoms with E-state index in [4.69, 9.17) is 4.74 Å². The van der Waals surface area contributed by atoms with Gasteiger partial charge in [-0.2, -0.15) is 0 Å². The summed E-state index contributed by atoms with van der Waals surface area (Å²) in [6, 6.07) is 10.2. The molecule has 0 aliphatic heterocycles. The largest absolute Gasteiger partial charge is 0.501 e. The van der Waals surface area contributed by atoms with Crippen LogP contribution in [-0.2, 0) is 4.74 Å². The Kier molecular flexibility index (Phi) is 4.77. The molecule has 0 bridgehead atoms. The summed E-state index contributed by atoms with van der Waals surface area (Å²) < 4.78 is 5.30. The van der Waals surface area contributed by atoms with Gasteiger partial charge in [-0.3, -0.25) is 0 Å². The van der Waals surface area contributed by atoms with E-state index in [-0.39, 0.29) is 0 Å². The van der Waals surface area contributed by atoms with Crippen molar-refractivity contribution in [3.05, 3.63) is 42.2 Å². The van der Waals surface area contributed by atoms with Crippen molar-refractivity contribution < 1.29 is 4.74 Å². The third-order valence-electron chi connectivity index (χ3n) is 1.77. The quantitative estimate of drug-likeness (QED) is 0.493. The Labute approximate surface area is 80.0 Å². The molecule has 0 aliphatic rings. The third-order valence-corrected chi connectivity index (χ3v) is 1.77. The second kappa shape index (κ2) is 6.30. The molecule has 0 fully saturated rings. The third kappa shape index (κ3) is 4.36. The van der Waals surface area contributed by atoms with Gasteiger partial charge in [-0.05, 0) is 18.1 Å². The lowest BCUT2D eigenvalue weighted by atomic mass is 10.2. The number of hydrogen-bond donors (Lipinski definition) is 0. The molecule has 0 heterocycles. The van der Waals surface area contributed by atoms with Gasteiger partial charge in [0.25, 0.3) is 0 Å². The zero-order chi connectivity index (χ0) is 9.36. The van der Waals surface area contributed by atoms with E-state index >= 15 is 0 Å². The summed E-state index contributed by atoms with van der Waals surface area (Å²) in [7, 11) is 0. The molecule has 1 heteroatoms. The fourth-order valence-corrected chi connectivity index (χ4v) is 0.987. The van der Waals surface area contributed by atoms with Crippen LogP contribution in [0.4, 0.5) is 0 Å². The van der Waals surface area contributed by atoms with E-state index in [2.05, 4.69) is 19.1 Å². The van der Waals surface area contributed by atoms with Gasteiger partial charge in [-0.1, -0.05) is 43.7 Å². The minimum absolute atomic E-state index is 0.819. The summed E-state index contributed by atoms with van der Waals surface area (Å²) in [5.74, 6) is 0. The molecule has 0 aromatic heterocycles. The minimum atomic E-state index is 0.819. The molecule has 1 rings (SSSR count). The molecule has 0 radical (unpaired) electrons. The second-order valence-corrected chi connectivity index (χ2v) is 2.94. The molecule has 0 saturated heterocycles. The van der Waals surface area contributed by atoms with Crippen LogP contribution < -0.4 is 0 Å². The molecule has 0 atom stereocenters. The fraction of sp³-hybridized carbons (Fsp3) is 0.333. The van der Waals surface area contributed by atoms with Gasteiger partial charge < -0.3 is 4.74 Å². The van der Waals surface area contributed by atoms with Crippen molar-refractivity contribution in [1.29, 1.82) is 0 Å². The van der Waals surface area contributed by atoms with Gasteiger partial charge >= 0.3 is 0 Å². The summed E-state index contributed by atoms with van der Waals surface area (Å²) in [5.41, 5.74) is 1.18. The molecule has 0 N–H and O–H groups in total. The van der Waals surface area contributed by atoms with Gasteiger partial charge in [0, 0.05) is 0 Å². The van der Waals surface area contributed by atoms with Crippen molar-refractivity contribution in [2.45, 2.75) is 19.8 Å². The maximum absolute atomic E-state index is 5.30. The lowest BCUT2D eigenvalue weighted by molar-refractivity contribution is 0.246. The summed E-state index contributed by atoms with van der Waals surface area (Å²) in [6.45, 7) is 2.98. The van der Waals surface area contributed by atoms with Crippen LogP contribution in [0.5, 0.6) is 0 Å². The molecule has 1 aromatic rings. The number of unbranched alkanes of at least 4 members (excludes halogenated alkanes) is 1. The number of benzene rings is 1. The highest BCUT2D eigenvalue weighted by Crippen LogP contribution is 2.01. The van der Waals surface area contributed by atoms with Crippen molar-refractivity contribution in [3.63, 3.8) is 0 Å². The maximum Gasteiger partial charge on any atom is 0.0873 e. The molecule has 0 saturated carbocycles. The summed E-state index contributed by atoms with van der Waals surface area (Å²) in [6.07, 6.45) is 6.05. The average molecular weight is 176 g/mol. The first kappa shape index (κ1) is 9.85. The molecule has 0 amide bonds. The van der Waals surface area contributed by atoms with Gasteiger partial charge in [0.05, 0.1) is 12.9 Å². The summed E-state index contributed by atoms with van der Waals surface area (Å²) in [4.78, 5) is 0. The van der Waals surface area contributed by atoms with Crippen LogP contribution in [0.1, 0.15) is 25.3 Å². The number of hydrogen-bond acceptors (Lipinski definition) is 1. The van der Waals surface area contributed by atoms with Crippen molar-refractivity contribution in [2.75, 3.05) is 6.61 Å². The van der Waals surface area contributed by atoms with E-state index in [0.717, 1.165) is 13.0 Å². The van der Waals surface area contributed by atoms with Crippen LogP contribution in [0.15, 0.2) is 36.6 Å². The van der Waals surface area contributed by atoms with Crippen LogP contribution in [0.25, 0.3) is 6.08 Å². The normalized spacial score (nSPS) is 10.5. The highest BCUT2D eigenvalue weighted by Gasteiger charge is 1.83. The van der Waals surface area contributed by atoms with Crippen molar-refractivity contribution in [2.24, 2.45) is 0 Å². The summed E-state index contributed by atoms with van der Waals surface area (Å²) >= 11 is 0. The standard InChI is InChI=1S/C12H16O/c1-2-3-10-13-11-9-12-7-5-4-6-8-12/h4-9,11H,2-3,10H2,1H3. The predicted molar refractivity (Wildman–Crippen MR) is 56.3 cm³/mol. The molecule has 0 aliphatic carbocycles. The smallest absolute Gasteiger partial charge is 0.0873 e.